The summed E-state index contributed by atoms with van der Waals surface area (Å²) in [4.78, 5) is 19.0. The number of anilines is 1. The number of isocyanates is 1. The van der Waals surface area contributed by atoms with E-state index in [0.717, 1.165) is 45.9 Å². The van der Waals surface area contributed by atoms with Crippen molar-refractivity contribution in [3.05, 3.63) is 57.8 Å². The Bertz CT molecular complexity index is 1490. The summed E-state index contributed by atoms with van der Waals surface area (Å²) >= 11 is 14.5. The molecule has 2 fully saturated rings. The fraction of sp³-hybridized carbons (Fsp3) is 0.370. The lowest BCUT2D eigenvalue weighted by atomic mass is 9.71. The normalized spacial score (nSPS) is 21.0. The molecule has 6 rings (SSSR count). The van der Waals surface area contributed by atoms with Gasteiger partial charge in [0.2, 0.25) is 6.08 Å². The first-order valence-electron chi connectivity index (χ1n) is 12.3. The van der Waals surface area contributed by atoms with E-state index in [0.29, 0.717) is 58.0 Å². The number of fused-ring (bicyclic) bond motifs is 1. The largest absolute Gasteiger partial charge is 0.376 e. The van der Waals surface area contributed by atoms with E-state index in [4.69, 9.17) is 37.4 Å². The van der Waals surface area contributed by atoms with Gasteiger partial charge in [0.1, 0.15) is 11.5 Å². The van der Waals surface area contributed by atoms with Crippen LogP contribution in [0.15, 0.2) is 45.9 Å². The van der Waals surface area contributed by atoms with Crippen LogP contribution < -0.4 is 5.32 Å². The lowest BCUT2D eigenvalue weighted by molar-refractivity contribution is 0.0289. The van der Waals surface area contributed by atoms with E-state index < -0.39 is 0 Å². The highest BCUT2D eigenvalue weighted by Gasteiger charge is 2.39. The molecule has 2 unspecified atom stereocenters. The number of hydrogen-bond acceptors (Lipinski definition) is 8. The van der Waals surface area contributed by atoms with Crippen molar-refractivity contribution in [2.75, 3.05) is 11.9 Å². The van der Waals surface area contributed by atoms with Crippen LogP contribution in [0.4, 0.5) is 10.8 Å². The molecule has 3 atom stereocenters. The molecular formula is C27H24Cl2N4O3S. The van der Waals surface area contributed by atoms with Crippen molar-refractivity contribution in [1.82, 2.24) is 10.1 Å². The van der Waals surface area contributed by atoms with Crippen LogP contribution in [-0.4, -0.2) is 28.9 Å². The molecule has 4 aromatic rings. The molecule has 2 aliphatic carbocycles. The van der Waals surface area contributed by atoms with Gasteiger partial charge in [-0.25, -0.2) is 9.78 Å². The van der Waals surface area contributed by atoms with Gasteiger partial charge in [0.05, 0.1) is 39.2 Å². The standard InChI is InChI=1S/C27H24Cl2N4O3S/c1-14-9-16(24(14)32-27-31-21-8-7-17(30-13-34)10-22(21)37-27)11-35-12-18-25(33-36-26(18)15-5-6-15)23-19(28)3-2-4-20(23)29/h2-4,7-8,10,14-16,24H,5-6,9,11-12H2,1H3,(H,31,32)/t14-,16?,24?/m1/s1. The van der Waals surface area contributed by atoms with Crippen LogP contribution in [0.2, 0.25) is 10.0 Å². The minimum atomic E-state index is 0.260. The van der Waals surface area contributed by atoms with Gasteiger partial charge in [0.25, 0.3) is 0 Å². The van der Waals surface area contributed by atoms with E-state index in [1.807, 2.05) is 30.3 Å². The van der Waals surface area contributed by atoms with E-state index in [-0.39, 0.29) is 6.04 Å². The third-order valence-corrected chi connectivity index (χ3v) is 8.76. The molecule has 0 saturated heterocycles. The highest BCUT2D eigenvalue weighted by Crippen LogP contribution is 2.46. The molecule has 2 saturated carbocycles. The molecule has 2 heterocycles. The van der Waals surface area contributed by atoms with Crippen LogP contribution in [0.3, 0.4) is 0 Å². The average molecular weight is 555 g/mol. The summed E-state index contributed by atoms with van der Waals surface area (Å²) in [5.41, 5.74) is 3.76. The molecule has 0 radical (unpaired) electrons. The molecule has 37 heavy (non-hydrogen) atoms. The second-order valence-electron chi connectivity index (χ2n) is 9.78. The van der Waals surface area contributed by atoms with Crippen LogP contribution in [0.25, 0.3) is 21.5 Å². The summed E-state index contributed by atoms with van der Waals surface area (Å²) in [5, 5.41) is 9.90. The van der Waals surface area contributed by atoms with Crippen LogP contribution in [0.5, 0.6) is 0 Å². The van der Waals surface area contributed by atoms with Gasteiger partial charge in [0.15, 0.2) is 5.13 Å². The van der Waals surface area contributed by atoms with Gasteiger partial charge < -0.3 is 14.6 Å². The number of carbonyl (C=O) groups excluding carboxylic acids is 1. The Labute approximate surface area is 227 Å². The maximum absolute atomic E-state index is 10.6. The lowest BCUT2D eigenvalue weighted by Crippen LogP contribution is -2.48. The van der Waals surface area contributed by atoms with Crippen LogP contribution in [0.1, 0.15) is 43.4 Å². The molecule has 2 aromatic heterocycles. The zero-order valence-corrected chi connectivity index (χ0v) is 22.4. The molecular weight excluding hydrogens is 531 g/mol. The predicted molar refractivity (Wildman–Crippen MR) is 146 cm³/mol. The van der Waals surface area contributed by atoms with E-state index in [2.05, 4.69) is 22.4 Å². The number of ether oxygens (including phenoxy) is 1. The number of nitrogens with zero attached hydrogens (tertiary/aromatic N) is 3. The first-order valence-corrected chi connectivity index (χ1v) is 13.8. The Hall–Kier alpha value is -2.74. The van der Waals surface area contributed by atoms with Crippen LogP contribution in [0, 0.1) is 11.8 Å². The number of hydrogen-bond donors (Lipinski definition) is 1. The van der Waals surface area contributed by atoms with Crippen molar-refractivity contribution in [3.63, 3.8) is 0 Å². The highest BCUT2D eigenvalue weighted by atomic mass is 35.5. The predicted octanol–water partition coefficient (Wildman–Crippen LogP) is 7.76. The van der Waals surface area contributed by atoms with Gasteiger partial charge in [-0.05, 0) is 55.5 Å². The van der Waals surface area contributed by atoms with Gasteiger partial charge in [-0.1, -0.05) is 52.7 Å². The van der Waals surface area contributed by atoms with Crippen LogP contribution >= 0.6 is 34.5 Å². The molecule has 0 spiro atoms. The number of thiazole rings is 1. The summed E-state index contributed by atoms with van der Waals surface area (Å²) in [6.07, 6.45) is 4.84. The Kier molecular flexibility index (Phi) is 6.78. The third kappa shape index (κ3) is 4.92. The molecule has 190 valence electrons. The second-order valence-corrected chi connectivity index (χ2v) is 11.6. The number of halogens is 2. The van der Waals surface area contributed by atoms with Crippen molar-refractivity contribution < 1.29 is 14.1 Å². The summed E-state index contributed by atoms with van der Waals surface area (Å²) in [5.74, 6) is 2.13. The molecule has 2 aromatic carbocycles. The molecule has 10 heteroatoms. The van der Waals surface area contributed by atoms with Crippen LogP contribution in [-0.2, 0) is 16.1 Å². The van der Waals surface area contributed by atoms with Crippen molar-refractivity contribution in [1.29, 1.82) is 0 Å². The first kappa shape index (κ1) is 24.6. The SMILES string of the molecule is C[C@@H]1CC(COCc2c(-c3c(Cl)cccc3Cl)noc2C2CC2)C1Nc1nc2ccc(N=C=O)cc2s1. The smallest absolute Gasteiger partial charge is 0.240 e. The summed E-state index contributed by atoms with van der Waals surface area (Å²) in [6, 6.07) is 11.2. The Morgan fingerprint density at radius 3 is 2.78 bits per heavy atom. The van der Waals surface area contributed by atoms with Crippen molar-refractivity contribution in [2.45, 2.75) is 44.8 Å². The summed E-state index contributed by atoms with van der Waals surface area (Å²) in [6.45, 7) is 3.24. The zero-order chi connectivity index (χ0) is 25.5. The molecule has 0 bridgehead atoms. The third-order valence-electron chi connectivity index (χ3n) is 7.18. The van der Waals surface area contributed by atoms with E-state index in [1.54, 1.807) is 23.5 Å². The summed E-state index contributed by atoms with van der Waals surface area (Å²) in [7, 11) is 0. The van der Waals surface area contributed by atoms with Gasteiger partial charge in [0, 0.05) is 29.0 Å². The fourth-order valence-electron chi connectivity index (χ4n) is 5.07. The van der Waals surface area contributed by atoms with Gasteiger partial charge in [-0.2, -0.15) is 4.99 Å². The maximum atomic E-state index is 10.6. The monoisotopic (exact) mass is 554 g/mol. The minimum absolute atomic E-state index is 0.260. The Morgan fingerprint density at radius 2 is 2.05 bits per heavy atom. The van der Waals surface area contributed by atoms with E-state index >= 15 is 0 Å². The second kappa shape index (κ2) is 10.2. The topological polar surface area (TPSA) is 89.6 Å². The minimum Gasteiger partial charge on any atom is -0.376 e. The Balaban J connectivity index is 1.14. The zero-order valence-electron chi connectivity index (χ0n) is 20.0. The summed E-state index contributed by atoms with van der Waals surface area (Å²) < 4.78 is 13.0. The average Bonchev–Trinajstić information content (AvgIpc) is 3.51. The van der Waals surface area contributed by atoms with Gasteiger partial charge in [-0.3, -0.25) is 0 Å². The molecule has 0 aliphatic heterocycles. The lowest BCUT2D eigenvalue weighted by Gasteiger charge is -2.43. The first-order chi connectivity index (χ1) is 18.0. The van der Waals surface area contributed by atoms with E-state index in [9.17, 15) is 4.79 Å². The fourth-order valence-corrected chi connectivity index (χ4v) is 6.59. The maximum Gasteiger partial charge on any atom is 0.240 e. The van der Waals surface area contributed by atoms with Gasteiger partial charge >= 0.3 is 0 Å². The van der Waals surface area contributed by atoms with E-state index in [1.165, 1.54) is 0 Å². The number of aromatic nitrogens is 2. The molecule has 1 N–H and O–H groups in total. The molecule has 7 nitrogen and oxygen atoms in total. The number of rotatable bonds is 9. The number of nitrogens with one attached hydrogen (secondary N) is 1. The molecule has 0 amide bonds. The van der Waals surface area contributed by atoms with Crippen molar-refractivity contribution in [3.8, 4) is 11.3 Å². The highest BCUT2D eigenvalue weighted by molar-refractivity contribution is 7.22. The quantitative estimate of drug-likeness (QED) is 0.168. The van der Waals surface area contributed by atoms with Gasteiger partial charge in [-0.15, -0.1) is 0 Å². The van der Waals surface area contributed by atoms with Crippen molar-refractivity contribution in [2.24, 2.45) is 16.8 Å². The molecule has 2 aliphatic rings. The number of benzene rings is 2. The number of aliphatic imine (C=N–C) groups is 1. The van der Waals surface area contributed by atoms with Crippen molar-refractivity contribution >= 4 is 61.7 Å². The Morgan fingerprint density at radius 1 is 1.24 bits per heavy atom.